The molecule has 6 rings (SSSR count). The highest BCUT2D eigenvalue weighted by molar-refractivity contribution is 6.02. The summed E-state index contributed by atoms with van der Waals surface area (Å²) in [6.45, 7) is 10.3. The second-order valence-electron chi connectivity index (χ2n) is 12.1. The number of carbonyl (C=O) groups excluding carboxylic acids is 1. The molecule has 1 unspecified atom stereocenters. The maximum atomic E-state index is 14.1. The van der Waals surface area contributed by atoms with Crippen molar-refractivity contribution in [2.45, 2.75) is 96.5 Å². The minimum Gasteiger partial charge on any atom is -0.393 e. The van der Waals surface area contributed by atoms with Crippen molar-refractivity contribution in [1.29, 1.82) is 0 Å². The van der Waals surface area contributed by atoms with Crippen molar-refractivity contribution in [3.8, 4) is 0 Å². The van der Waals surface area contributed by atoms with Gasteiger partial charge in [-0.2, -0.15) is 0 Å². The van der Waals surface area contributed by atoms with E-state index in [4.69, 9.17) is 4.74 Å². The Morgan fingerprint density at radius 2 is 2.03 bits per heavy atom. The third kappa shape index (κ3) is 2.62. The van der Waals surface area contributed by atoms with Gasteiger partial charge >= 0.3 is 0 Å². The first-order chi connectivity index (χ1) is 14.8. The van der Waals surface area contributed by atoms with Gasteiger partial charge in [-0.3, -0.25) is 4.79 Å². The first-order valence-electron chi connectivity index (χ1n) is 12.8. The Labute approximate surface area is 186 Å². The van der Waals surface area contributed by atoms with Gasteiger partial charge < -0.3 is 15.2 Å². The molecule has 1 spiro atoms. The molecule has 6 aliphatic rings. The summed E-state index contributed by atoms with van der Waals surface area (Å²) >= 11 is 0. The minimum atomic E-state index is -0.263. The number of carbonyl (C=O) groups is 1. The Hall–Kier alpha value is -0.970. The first-order valence-corrected chi connectivity index (χ1v) is 12.8. The largest absolute Gasteiger partial charge is 0.393 e. The van der Waals surface area contributed by atoms with Gasteiger partial charge in [-0.25, -0.2) is 0 Å². The fourth-order valence-corrected chi connectivity index (χ4v) is 8.93. The molecule has 0 aromatic rings. The van der Waals surface area contributed by atoms with E-state index < -0.39 is 0 Å². The average Bonchev–Trinajstić information content (AvgIpc) is 3.18. The molecule has 31 heavy (non-hydrogen) atoms. The van der Waals surface area contributed by atoms with Gasteiger partial charge in [0.1, 0.15) is 0 Å². The van der Waals surface area contributed by atoms with E-state index in [1.54, 1.807) is 0 Å². The molecule has 4 fully saturated rings. The lowest BCUT2D eigenvalue weighted by molar-refractivity contribution is -0.123. The lowest BCUT2D eigenvalue weighted by atomic mass is 9.56. The van der Waals surface area contributed by atoms with E-state index in [2.05, 4.69) is 39.1 Å². The molecule has 0 aromatic carbocycles. The maximum Gasteiger partial charge on any atom is 0.163 e. The zero-order chi connectivity index (χ0) is 21.7. The molecule has 0 amide bonds. The molecule has 2 saturated carbocycles. The van der Waals surface area contributed by atoms with Crippen molar-refractivity contribution in [2.24, 2.45) is 35.0 Å². The number of piperidine rings is 1. The van der Waals surface area contributed by atoms with E-state index in [0.29, 0.717) is 35.5 Å². The number of aliphatic hydroxyl groups is 1. The van der Waals surface area contributed by atoms with Crippen LogP contribution in [0.5, 0.6) is 0 Å². The zero-order valence-electron chi connectivity index (χ0n) is 19.6. The van der Waals surface area contributed by atoms with Gasteiger partial charge in [0.2, 0.25) is 0 Å². The number of ether oxygens (including phenoxy) is 1. The molecular formula is C27H39NO3. The summed E-state index contributed by atoms with van der Waals surface area (Å²) in [4.78, 5) is 14.1. The van der Waals surface area contributed by atoms with E-state index in [1.807, 2.05) is 0 Å². The number of Topliss-reactive ketones (excluding diaryl/α,β-unsaturated/α-hetero) is 1. The number of hydrogen-bond donors (Lipinski definition) is 2. The summed E-state index contributed by atoms with van der Waals surface area (Å²) < 4.78 is 6.93. The molecule has 0 aromatic heterocycles. The fourth-order valence-electron chi connectivity index (χ4n) is 8.93. The van der Waals surface area contributed by atoms with Gasteiger partial charge in [0.05, 0.1) is 17.8 Å². The van der Waals surface area contributed by atoms with Gasteiger partial charge in [0, 0.05) is 23.5 Å². The van der Waals surface area contributed by atoms with Crippen LogP contribution in [0.15, 0.2) is 22.8 Å². The van der Waals surface area contributed by atoms with E-state index in [0.717, 1.165) is 57.1 Å². The molecule has 10 atom stereocenters. The van der Waals surface area contributed by atoms with Crippen molar-refractivity contribution in [3.05, 3.63) is 22.8 Å². The summed E-state index contributed by atoms with van der Waals surface area (Å²) in [5.41, 5.74) is 3.43. The predicted molar refractivity (Wildman–Crippen MR) is 120 cm³/mol. The summed E-state index contributed by atoms with van der Waals surface area (Å²) in [6, 6.07) is 0.410. The van der Waals surface area contributed by atoms with Gasteiger partial charge in [-0.05, 0) is 87.2 Å². The molecule has 4 heteroatoms. The van der Waals surface area contributed by atoms with Crippen LogP contribution in [0.25, 0.3) is 0 Å². The smallest absolute Gasteiger partial charge is 0.163 e. The summed E-state index contributed by atoms with van der Waals surface area (Å²) in [7, 11) is 0. The van der Waals surface area contributed by atoms with Gasteiger partial charge in [-0.1, -0.05) is 32.4 Å². The highest BCUT2D eigenvalue weighted by Gasteiger charge is 2.63. The number of allylic oxidation sites excluding steroid dienone is 2. The summed E-state index contributed by atoms with van der Waals surface area (Å²) in [5, 5.41) is 14.0. The molecule has 2 N–H and O–H groups in total. The molecule has 2 heterocycles. The first kappa shape index (κ1) is 20.6. The monoisotopic (exact) mass is 425 g/mol. The Bertz CT molecular complexity index is 876. The topological polar surface area (TPSA) is 58.6 Å². The fraction of sp³-hybridized carbons (Fsp3) is 0.815. The van der Waals surface area contributed by atoms with E-state index in [9.17, 15) is 9.90 Å². The molecule has 2 aliphatic heterocycles. The molecule has 4 aliphatic carbocycles. The molecule has 4 nitrogen and oxygen atoms in total. The van der Waals surface area contributed by atoms with Crippen molar-refractivity contribution >= 4 is 5.78 Å². The molecule has 2 saturated heterocycles. The quantitative estimate of drug-likeness (QED) is 0.572. The standard InChI is InChI=1S/C27H39NO3/c1-14-11-21-24(28-13-14)16(3)27(31-21)10-8-19-20-6-5-17-12-18(29)7-9-26(17,4)23(20)25(30)22(19)15(27)2/h5,14,16,18-21,23-24,28-29H,6-13H2,1-4H3/t14-,16+,18-,19-,20?,21+,23+,24-,26-,27-/m0/s1. The predicted octanol–water partition coefficient (Wildman–Crippen LogP) is 4.18. The van der Waals surface area contributed by atoms with Crippen molar-refractivity contribution in [2.75, 3.05) is 6.54 Å². The van der Waals surface area contributed by atoms with Crippen molar-refractivity contribution in [3.63, 3.8) is 0 Å². The Balaban J connectivity index is 1.39. The minimum absolute atomic E-state index is 0.0653. The van der Waals surface area contributed by atoms with Crippen molar-refractivity contribution in [1.82, 2.24) is 5.32 Å². The van der Waals surface area contributed by atoms with Crippen LogP contribution in [0.2, 0.25) is 0 Å². The summed E-state index contributed by atoms with van der Waals surface area (Å²) in [6.07, 6.45) is 9.23. The maximum absolute atomic E-state index is 14.1. The van der Waals surface area contributed by atoms with Crippen LogP contribution in [-0.2, 0) is 9.53 Å². The van der Waals surface area contributed by atoms with Crippen LogP contribution in [-0.4, -0.2) is 41.3 Å². The molecule has 0 radical (unpaired) electrons. The van der Waals surface area contributed by atoms with Crippen LogP contribution in [0.1, 0.15) is 72.6 Å². The average molecular weight is 426 g/mol. The number of hydrogen-bond acceptors (Lipinski definition) is 4. The van der Waals surface area contributed by atoms with Gasteiger partial charge in [0.25, 0.3) is 0 Å². The lowest BCUT2D eigenvalue weighted by Gasteiger charge is -2.48. The van der Waals surface area contributed by atoms with Gasteiger partial charge in [-0.15, -0.1) is 0 Å². The van der Waals surface area contributed by atoms with Crippen LogP contribution in [0.3, 0.4) is 0 Å². The summed E-state index contributed by atoms with van der Waals surface area (Å²) in [5.74, 6) is 2.41. The third-order valence-corrected chi connectivity index (χ3v) is 10.6. The van der Waals surface area contributed by atoms with Crippen molar-refractivity contribution < 1.29 is 14.6 Å². The number of rotatable bonds is 0. The highest BCUT2D eigenvalue weighted by atomic mass is 16.5. The lowest BCUT2D eigenvalue weighted by Crippen LogP contribution is -2.49. The third-order valence-electron chi connectivity index (χ3n) is 10.6. The van der Waals surface area contributed by atoms with Crippen LogP contribution in [0, 0.1) is 35.0 Å². The number of aliphatic hydroxyl groups excluding tert-OH is 1. The normalized spacial score (nSPS) is 53.7. The van der Waals surface area contributed by atoms with Crippen LogP contribution >= 0.6 is 0 Å². The Kier molecular flexibility index (Phi) is 4.51. The van der Waals surface area contributed by atoms with Crippen LogP contribution in [0.4, 0.5) is 0 Å². The van der Waals surface area contributed by atoms with E-state index >= 15 is 0 Å². The SMILES string of the molecule is CC1=C2C(=O)[C@H]3C(CC=C4C[C@@H](O)CC[C@@]43C)[C@@H]2CC[C@]12O[C@@H]1C[C@H](C)CN[C@H]1[C@H]2C. The Morgan fingerprint density at radius 3 is 2.84 bits per heavy atom. The number of ketones is 1. The zero-order valence-corrected chi connectivity index (χ0v) is 19.6. The number of nitrogens with one attached hydrogen (secondary N) is 1. The van der Waals surface area contributed by atoms with Gasteiger partial charge in [0.15, 0.2) is 5.78 Å². The number of fused-ring (bicyclic) bond motifs is 6. The second kappa shape index (κ2) is 6.77. The van der Waals surface area contributed by atoms with E-state index in [1.165, 1.54) is 11.1 Å². The second-order valence-corrected chi connectivity index (χ2v) is 12.1. The highest BCUT2D eigenvalue weighted by Crippen LogP contribution is 2.63. The van der Waals surface area contributed by atoms with E-state index in [-0.39, 0.29) is 29.1 Å². The Morgan fingerprint density at radius 1 is 1.23 bits per heavy atom. The molecule has 170 valence electrons. The molecule has 0 bridgehead atoms. The van der Waals surface area contributed by atoms with Crippen LogP contribution < -0.4 is 5.32 Å². The molecular weight excluding hydrogens is 386 g/mol.